The average molecular weight is 357 g/mol. The molecule has 1 aliphatic heterocycles. The van der Waals surface area contributed by atoms with Crippen LogP contribution < -0.4 is 10.1 Å². The minimum atomic E-state index is -0.308. The number of carbonyl (C=O) groups excluding carboxylic acids is 1. The molecule has 1 aromatic heterocycles. The van der Waals surface area contributed by atoms with Crippen LogP contribution in [0.25, 0.3) is 0 Å². The lowest BCUT2D eigenvalue weighted by molar-refractivity contribution is 0.141. The van der Waals surface area contributed by atoms with Crippen LogP contribution in [0, 0.1) is 0 Å². The monoisotopic (exact) mass is 357 g/mol. The second-order valence-electron chi connectivity index (χ2n) is 6.47. The number of piperazine rings is 1. The maximum absolute atomic E-state index is 12.8. The maximum Gasteiger partial charge on any atom is 0.318 e. The van der Waals surface area contributed by atoms with Crippen molar-refractivity contribution in [3.05, 3.63) is 48.0 Å². The van der Waals surface area contributed by atoms with E-state index < -0.39 is 0 Å². The van der Waals surface area contributed by atoms with Gasteiger partial charge in [-0.05, 0) is 24.2 Å². The van der Waals surface area contributed by atoms with Crippen LogP contribution in [0.2, 0.25) is 0 Å². The van der Waals surface area contributed by atoms with E-state index in [0.29, 0.717) is 0 Å². The highest BCUT2D eigenvalue weighted by atomic mass is 16.5. The van der Waals surface area contributed by atoms with E-state index in [4.69, 9.17) is 4.74 Å². The van der Waals surface area contributed by atoms with Gasteiger partial charge in [0.25, 0.3) is 0 Å². The molecule has 7 heteroatoms. The van der Waals surface area contributed by atoms with Crippen LogP contribution in [0.4, 0.5) is 4.79 Å². The number of hydrogen-bond acceptors (Lipinski definition) is 4. The summed E-state index contributed by atoms with van der Waals surface area (Å²) in [6.45, 7) is 6.50. The highest BCUT2D eigenvalue weighted by Gasteiger charge is 2.25. The van der Waals surface area contributed by atoms with Crippen LogP contribution >= 0.6 is 0 Å². The third kappa shape index (κ3) is 3.99. The Labute approximate surface area is 154 Å². The number of rotatable bonds is 5. The Bertz CT molecular complexity index is 720. The number of urea groups is 1. The molecule has 1 saturated heterocycles. The van der Waals surface area contributed by atoms with Gasteiger partial charge < -0.3 is 24.4 Å². The van der Waals surface area contributed by atoms with E-state index in [1.165, 1.54) is 0 Å². The van der Waals surface area contributed by atoms with Gasteiger partial charge >= 0.3 is 6.03 Å². The number of aromatic nitrogens is 2. The van der Waals surface area contributed by atoms with Gasteiger partial charge in [0.15, 0.2) is 0 Å². The molecule has 1 fully saturated rings. The van der Waals surface area contributed by atoms with Crippen LogP contribution in [0.15, 0.2) is 36.7 Å². The molecule has 0 radical (unpaired) electrons. The molecule has 7 nitrogen and oxygen atoms in total. The summed E-state index contributed by atoms with van der Waals surface area (Å²) in [7, 11) is 3.58. The summed E-state index contributed by atoms with van der Waals surface area (Å²) in [6.07, 6.45) is 3.63. The third-order valence-corrected chi connectivity index (χ3v) is 4.94. The molecule has 2 aromatic rings. The molecule has 0 bridgehead atoms. The fraction of sp³-hybridized carbons (Fsp3) is 0.474. The number of carbonyl (C=O) groups is 1. The molecule has 1 N–H and O–H groups in total. The predicted molar refractivity (Wildman–Crippen MR) is 100 cm³/mol. The van der Waals surface area contributed by atoms with Crippen LogP contribution in [0.3, 0.4) is 0 Å². The molecular weight excluding hydrogens is 330 g/mol. The van der Waals surface area contributed by atoms with E-state index in [2.05, 4.69) is 22.1 Å². The molecule has 1 atom stereocenters. The van der Waals surface area contributed by atoms with Crippen molar-refractivity contribution < 1.29 is 9.53 Å². The Morgan fingerprint density at radius 2 is 1.92 bits per heavy atom. The molecule has 2 heterocycles. The summed E-state index contributed by atoms with van der Waals surface area (Å²) in [4.78, 5) is 21.5. The van der Waals surface area contributed by atoms with Gasteiger partial charge in [-0.25, -0.2) is 9.78 Å². The number of nitrogens with zero attached hydrogens (tertiary/aromatic N) is 4. The van der Waals surface area contributed by atoms with Crippen LogP contribution in [-0.2, 0) is 7.05 Å². The molecule has 1 unspecified atom stereocenters. The lowest BCUT2D eigenvalue weighted by Crippen LogP contribution is -2.52. The number of methoxy groups -OCH3 is 1. The predicted octanol–water partition coefficient (Wildman–Crippen LogP) is 1.87. The van der Waals surface area contributed by atoms with Crippen molar-refractivity contribution in [2.75, 3.05) is 39.8 Å². The number of hydrogen-bond donors (Lipinski definition) is 1. The molecule has 3 rings (SSSR count). The molecular formula is C19H27N5O2. The first-order chi connectivity index (χ1) is 12.6. The Morgan fingerprint density at radius 3 is 2.46 bits per heavy atom. The zero-order valence-corrected chi connectivity index (χ0v) is 15.7. The highest BCUT2D eigenvalue weighted by Crippen LogP contribution is 2.23. The van der Waals surface area contributed by atoms with E-state index in [1.807, 2.05) is 47.0 Å². The largest absolute Gasteiger partial charge is 0.497 e. The number of nitrogens with one attached hydrogen (secondary N) is 1. The first-order valence-corrected chi connectivity index (χ1v) is 9.01. The SMILES string of the molecule is CCN1CCN(C(=O)NC(c2ccc(OC)cc2)c2nccn2C)CC1. The molecule has 0 spiro atoms. The van der Waals surface area contributed by atoms with Crippen molar-refractivity contribution in [2.24, 2.45) is 7.05 Å². The lowest BCUT2D eigenvalue weighted by Gasteiger charge is -2.35. The Kier molecular flexibility index (Phi) is 5.78. The number of likely N-dealkylation sites (N-methyl/N-ethyl adjacent to an activating group) is 1. The average Bonchev–Trinajstić information content (AvgIpc) is 3.11. The number of amides is 2. The van der Waals surface area contributed by atoms with Gasteiger partial charge in [0.05, 0.1) is 7.11 Å². The molecule has 2 amide bonds. The van der Waals surface area contributed by atoms with Gasteiger partial charge in [0, 0.05) is 45.6 Å². The first-order valence-electron chi connectivity index (χ1n) is 9.01. The number of benzene rings is 1. The zero-order valence-electron chi connectivity index (χ0n) is 15.7. The van der Waals surface area contributed by atoms with E-state index in [0.717, 1.165) is 49.9 Å². The third-order valence-electron chi connectivity index (χ3n) is 4.94. The van der Waals surface area contributed by atoms with Gasteiger partial charge in [-0.2, -0.15) is 0 Å². The second-order valence-corrected chi connectivity index (χ2v) is 6.47. The number of imidazole rings is 1. The van der Waals surface area contributed by atoms with Crippen molar-refractivity contribution >= 4 is 6.03 Å². The van der Waals surface area contributed by atoms with Crippen molar-refractivity contribution in [3.63, 3.8) is 0 Å². The van der Waals surface area contributed by atoms with E-state index in [9.17, 15) is 4.79 Å². The normalized spacial score (nSPS) is 16.3. The minimum absolute atomic E-state index is 0.0513. The van der Waals surface area contributed by atoms with Crippen LogP contribution in [-0.4, -0.2) is 65.2 Å². The molecule has 1 aliphatic rings. The fourth-order valence-electron chi connectivity index (χ4n) is 3.23. The number of ether oxygens (including phenoxy) is 1. The van der Waals surface area contributed by atoms with Gasteiger partial charge in [0.2, 0.25) is 0 Å². The van der Waals surface area contributed by atoms with Gasteiger partial charge in [-0.3, -0.25) is 0 Å². The second kappa shape index (κ2) is 8.23. The van der Waals surface area contributed by atoms with Gasteiger partial charge in [0.1, 0.15) is 17.6 Å². The lowest BCUT2D eigenvalue weighted by atomic mass is 10.1. The Balaban J connectivity index is 1.78. The van der Waals surface area contributed by atoms with Gasteiger partial charge in [-0.15, -0.1) is 0 Å². The number of aryl methyl sites for hydroxylation is 1. The van der Waals surface area contributed by atoms with Gasteiger partial charge in [-0.1, -0.05) is 19.1 Å². The maximum atomic E-state index is 12.8. The summed E-state index contributed by atoms with van der Waals surface area (Å²) in [5.74, 6) is 1.59. The molecule has 0 saturated carbocycles. The Morgan fingerprint density at radius 1 is 1.23 bits per heavy atom. The Hall–Kier alpha value is -2.54. The van der Waals surface area contributed by atoms with E-state index >= 15 is 0 Å². The summed E-state index contributed by atoms with van der Waals surface area (Å²) in [5, 5.41) is 3.16. The fourth-order valence-corrected chi connectivity index (χ4v) is 3.23. The van der Waals surface area contributed by atoms with E-state index in [1.54, 1.807) is 13.3 Å². The summed E-state index contributed by atoms with van der Waals surface area (Å²) in [5.41, 5.74) is 0.973. The van der Waals surface area contributed by atoms with Crippen molar-refractivity contribution in [3.8, 4) is 5.75 Å². The molecule has 0 aliphatic carbocycles. The molecule has 1 aromatic carbocycles. The van der Waals surface area contributed by atoms with Crippen molar-refractivity contribution in [1.82, 2.24) is 24.7 Å². The summed E-state index contributed by atoms with van der Waals surface area (Å²) >= 11 is 0. The highest BCUT2D eigenvalue weighted by molar-refractivity contribution is 5.75. The van der Waals surface area contributed by atoms with Crippen LogP contribution in [0.1, 0.15) is 24.4 Å². The standard InChI is InChI=1S/C19H27N5O2/c1-4-23-11-13-24(14-12-23)19(25)21-17(18-20-9-10-22(18)2)15-5-7-16(26-3)8-6-15/h5-10,17H,4,11-14H2,1-3H3,(H,21,25). The molecule has 26 heavy (non-hydrogen) atoms. The topological polar surface area (TPSA) is 62.6 Å². The quantitative estimate of drug-likeness (QED) is 0.887. The first kappa shape index (κ1) is 18.3. The van der Waals surface area contributed by atoms with Crippen molar-refractivity contribution in [2.45, 2.75) is 13.0 Å². The smallest absolute Gasteiger partial charge is 0.318 e. The van der Waals surface area contributed by atoms with E-state index in [-0.39, 0.29) is 12.1 Å². The summed E-state index contributed by atoms with van der Waals surface area (Å²) in [6, 6.07) is 7.37. The van der Waals surface area contributed by atoms with Crippen molar-refractivity contribution in [1.29, 1.82) is 0 Å². The minimum Gasteiger partial charge on any atom is -0.497 e. The molecule has 140 valence electrons. The summed E-state index contributed by atoms with van der Waals surface area (Å²) < 4.78 is 7.17. The van der Waals surface area contributed by atoms with Crippen LogP contribution in [0.5, 0.6) is 5.75 Å². The zero-order chi connectivity index (χ0) is 18.5.